The Kier molecular flexibility index (Phi) is 7.47. The summed E-state index contributed by atoms with van der Waals surface area (Å²) in [5.74, 6) is 1.23. The Balaban J connectivity index is 1.24. The first-order valence-corrected chi connectivity index (χ1v) is 11.7. The van der Waals surface area contributed by atoms with Crippen LogP contribution in [-0.2, 0) is 13.1 Å². The van der Waals surface area contributed by atoms with Gasteiger partial charge in [-0.15, -0.1) is 0 Å². The van der Waals surface area contributed by atoms with E-state index in [1.54, 1.807) is 12.1 Å². The molecule has 2 fully saturated rings. The molecule has 1 N–H and O–H groups in total. The lowest BCUT2D eigenvalue weighted by Crippen LogP contribution is -2.53. The minimum atomic E-state index is -0.0448. The fraction of sp³-hybridized carbons (Fsp3) is 0.520. The van der Waals surface area contributed by atoms with Crippen LogP contribution in [0, 0.1) is 0 Å². The fourth-order valence-corrected chi connectivity index (χ4v) is 4.58. The van der Waals surface area contributed by atoms with Gasteiger partial charge in [0.2, 0.25) is 0 Å². The lowest BCUT2D eigenvalue weighted by atomic mass is 10.0. The van der Waals surface area contributed by atoms with Gasteiger partial charge in [0.05, 0.1) is 6.26 Å². The molecule has 7 heteroatoms. The van der Waals surface area contributed by atoms with E-state index in [0.717, 1.165) is 32.1 Å². The van der Waals surface area contributed by atoms with Crippen molar-refractivity contribution in [3.8, 4) is 0 Å². The first-order valence-electron chi connectivity index (χ1n) is 11.7. The van der Waals surface area contributed by atoms with Crippen LogP contribution >= 0.6 is 0 Å². The van der Waals surface area contributed by atoms with Crippen LogP contribution in [0.15, 0.2) is 52.1 Å². The minimum absolute atomic E-state index is 0.0448. The van der Waals surface area contributed by atoms with Crippen molar-refractivity contribution >= 4 is 11.9 Å². The second-order valence-corrected chi connectivity index (χ2v) is 8.79. The maximum absolute atomic E-state index is 12.5. The highest BCUT2D eigenvalue weighted by Crippen LogP contribution is 2.19. The number of piperazine rings is 1. The Hall–Kier alpha value is -2.80. The van der Waals surface area contributed by atoms with Crippen molar-refractivity contribution in [3.05, 3.63) is 59.5 Å². The summed E-state index contributed by atoms with van der Waals surface area (Å²) in [6.07, 6.45) is 5.53. The van der Waals surface area contributed by atoms with Crippen molar-refractivity contribution < 1.29 is 9.21 Å². The molecule has 1 aromatic carbocycles. The van der Waals surface area contributed by atoms with Crippen molar-refractivity contribution in [2.45, 2.75) is 45.3 Å². The summed E-state index contributed by atoms with van der Waals surface area (Å²) < 4.78 is 5.24. The van der Waals surface area contributed by atoms with Gasteiger partial charge in [-0.2, -0.15) is 0 Å². The average molecular weight is 438 g/mol. The second kappa shape index (κ2) is 10.7. The molecule has 2 aliphatic heterocycles. The minimum Gasteiger partial charge on any atom is -0.459 e. The lowest BCUT2D eigenvalue weighted by molar-refractivity contribution is 0.0657. The molecule has 1 amide bonds. The topological polar surface area (TPSA) is 64.3 Å². The molecule has 1 atom stereocenters. The summed E-state index contributed by atoms with van der Waals surface area (Å²) in [4.78, 5) is 23.5. The van der Waals surface area contributed by atoms with E-state index in [2.05, 4.69) is 51.3 Å². The van der Waals surface area contributed by atoms with Gasteiger partial charge in [0, 0.05) is 52.4 Å². The van der Waals surface area contributed by atoms with Crippen molar-refractivity contribution in [1.82, 2.24) is 20.0 Å². The third-order valence-corrected chi connectivity index (χ3v) is 6.61. The zero-order chi connectivity index (χ0) is 22.3. The fourth-order valence-electron chi connectivity index (χ4n) is 4.58. The Morgan fingerprint density at radius 1 is 1.03 bits per heavy atom. The number of amides is 1. The number of carbonyl (C=O) groups is 1. The number of furan rings is 1. The van der Waals surface area contributed by atoms with Crippen molar-refractivity contribution in [2.75, 3.05) is 39.8 Å². The molecule has 0 spiro atoms. The van der Waals surface area contributed by atoms with Crippen LogP contribution < -0.4 is 5.32 Å². The number of hydrogen-bond acceptors (Lipinski definition) is 4. The molecule has 0 aliphatic carbocycles. The number of likely N-dealkylation sites (tertiary alicyclic amines) is 1. The molecule has 2 aromatic rings. The van der Waals surface area contributed by atoms with E-state index in [1.165, 1.54) is 43.2 Å². The zero-order valence-electron chi connectivity index (χ0n) is 19.3. The largest absolute Gasteiger partial charge is 0.459 e. The third-order valence-electron chi connectivity index (χ3n) is 6.61. The summed E-state index contributed by atoms with van der Waals surface area (Å²) in [6.45, 7) is 8.14. The number of benzene rings is 1. The van der Waals surface area contributed by atoms with Gasteiger partial charge in [0.25, 0.3) is 5.91 Å². The van der Waals surface area contributed by atoms with Gasteiger partial charge in [-0.25, -0.2) is 0 Å². The van der Waals surface area contributed by atoms with E-state index in [-0.39, 0.29) is 5.91 Å². The van der Waals surface area contributed by atoms with Crippen LogP contribution in [0.25, 0.3) is 0 Å². The number of carbonyl (C=O) groups excluding carboxylic acids is 1. The predicted octanol–water partition coefficient (Wildman–Crippen LogP) is 3.19. The summed E-state index contributed by atoms with van der Waals surface area (Å²) in [6, 6.07) is 13.1. The Morgan fingerprint density at radius 3 is 2.41 bits per heavy atom. The second-order valence-electron chi connectivity index (χ2n) is 8.79. The molecule has 1 unspecified atom stereocenters. The normalized spacial score (nSPS) is 20.4. The van der Waals surface area contributed by atoms with Crippen molar-refractivity contribution in [2.24, 2.45) is 4.99 Å². The maximum atomic E-state index is 12.5. The van der Waals surface area contributed by atoms with Gasteiger partial charge in [-0.05, 0) is 49.6 Å². The van der Waals surface area contributed by atoms with Gasteiger partial charge in [-0.1, -0.05) is 30.7 Å². The molecule has 2 aliphatic rings. The number of guanidine groups is 1. The number of aliphatic imine (C=N–C) groups is 1. The molecular weight excluding hydrogens is 402 g/mol. The SMILES string of the molecule is CN=C(NCc1ccc(CN2CCCCC2C)cc1)N1CCN(C(=O)c2ccco2)CC1. The van der Waals surface area contributed by atoms with Crippen LogP contribution in [0.1, 0.15) is 47.9 Å². The van der Waals surface area contributed by atoms with E-state index in [4.69, 9.17) is 4.42 Å². The molecule has 1 aromatic heterocycles. The van der Waals surface area contributed by atoms with Crippen LogP contribution in [-0.4, -0.2) is 72.4 Å². The number of piperidine rings is 1. The van der Waals surface area contributed by atoms with E-state index >= 15 is 0 Å². The standard InChI is InChI=1S/C25H35N5O2/c1-20-6-3-4-12-30(20)19-22-10-8-21(9-11-22)18-27-25(26-2)29-15-13-28(14-16-29)24(31)23-7-5-17-32-23/h5,7-11,17,20H,3-4,6,12-16,18-19H2,1-2H3,(H,26,27). The van der Waals surface area contributed by atoms with E-state index < -0.39 is 0 Å². The van der Waals surface area contributed by atoms with Crippen LogP contribution in [0.5, 0.6) is 0 Å². The van der Waals surface area contributed by atoms with Gasteiger partial charge >= 0.3 is 0 Å². The number of hydrogen-bond donors (Lipinski definition) is 1. The number of nitrogens with one attached hydrogen (secondary N) is 1. The number of rotatable bonds is 5. The summed E-state index contributed by atoms with van der Waals surface area (Å²) in [5.41, 5.74) is 2.62. The molecule has 2 saturated heterocycles. The smallest absolute Gasteiger partial charge is 0.289 e. The highest BCUT2D eigenvalue weighted by Gasteiger charge is 2.25. The number of nitrogens with zero attached hydrogens (tertiary/aromatic N) is 4. The zero-order valence-corrected chi connectivity index (χ0v) is 19.3. The summed E-state index contributed by atoms with van der Waals surface area (Å²) in [5, 5.41) is 3.48. The average Bonchev–Trinajstić information content (AvgIpc) is 3.37. The monoisotopic (exact) mass is 437 g/mol. The van der Waals surface area contributed by atoms with E-state index in [0.29, 0.717) is 24.9 Å². The maximum Gasteiger partial charge on any atom is 0.289 e. The molecule has 172 valence electrons. The molecule has 0 radical (unpaired) electrons. The van der Waals surface area contributed by atoms with Crippen LogP contribution in [0.2, 0.25) is 0 Å². The van der Waals surface area contributed by atoms with E-state index in [9.17, 15) is 4.79 Å². The lowest BCUT2D eigenvalue weighted by Gasteiger charge is -2.36. The summed E-state index contributed by atoms with van der Waals surface area (Å²) in [7, 11) is 1.81. The molecule has 0 saturated carbocycles. The van der Waals surface area contributed by atoms with Gasteiger partial charge in [0.1, 0.15) is 0 Å². The van der Waals surface area contributed by atoms with E-state index in [1.807, 2.05) is 11.9 Å². The molecule has 0 bridgehead atoms. The van der Waals surface area contributed by atoms with Crippen LogP contribution in [0.3, 0.4) is 0 Å². The molecule has 7 nitrogen and oxygen atoms in total. The first kappa shape index (κ1) is 22.4. The molecule has 3 heterocycles. The van der Waals surface area contributed by atoms with Crippen molar-refractivity contribution in [3.63, 3.8) is 0 Å². The Bertz CT molecular complexity index is 886. The third kappa shape index (κ3) is 5.51. The molecule has 32 heavy (non-hydrogen) atoms. The Labute approximate surface area is 191 Å². The quantitative estimate of drug-likeness (QED) is 0.575. The highest BCUT2D eigenvalue weighted by molar-refractivity contribution is 5.91. The first-order chi connectivity index (χ1) is 15.6. The highest BCUT2D eigenvalue weighted by atomic mass is 16.3. The van der Waals surface area contributed by atoms with Crippen molar-refractivity contribution in [1.29, 1.82) is 0 Å². The predicted molar refractivity (Wildman–Crippen MR) is 127 cm³/mol. The van der Waals surface area contributed by atoms with Gasteiger partial charge < -0.3 is 19.5 Å². The Morgan fingerprint density at radius 2 is 1.75 bits per heavy atom. The van der Waals surface area contributed by atoms with Gasteiger partial charge in [0.15, 0.2) is 11.7 Å². The summed E-state index contributed by atoms with van der Waals surface area (Å²) >= 11 is 0. The van der Waals surface area contributed by atoms with Crippen LogP contribution in [0.4, 0.5) is 0 Å². The molecule has 4 rings (SSSR count). The molecular formula is C25H35N5O2. The van der Waals surface area contributed by atoms with Gasteiger partial charge in [-0.3, -0.25) is 14.7 Å².